The summed E-state index contributed by atoms with van der Waals surface area (Å²) >= 11 is 0. The van der Waals surface area contributed by atoms with Gasteiger partial charge in [0.25, 0.3) is 0 Å². The average Bonchev–Trinajstić information content (AvgIpc) is 2.45. The minimum atomic E-state index is -1.43. The van der Waals surface area contributed by atoms with Gasteiger partial charge in [-0.3, -0.25) is 0 Å². The fraction of sp³-hybridized carbons (Fsp3) is 0.125. The van der Waals surface area contributed by atoms with E-state index in [4.69, 9.17) is 26.0 Å². The van der Waals surface area contributed by atoms with Crippen LogP contribution < -0.4 is 34.9 Å². The standard InChI is InChI=1S/C8H4N4O2.Na.H/c9-1-4(2-10)6-5(3-11)7(13)8(14)12-6;;/h8,12-14H;;/q;+1;-1. The molecule has 0 saturated carbocycles. The van der Waals surface area contributed by atoms with E-state index in [9.17, 15) is 0 Å². The van der Waals surface area contributed by atoms with Crippen molar-refractivity contribution in [2.75, 3.05) is 0 Å². The van der Waals surface area contributed by atoms with E-state index in [1.165, 1.54) is 0 Å². The van der Waals surface area contributed by atoms with Crippen LogP contribution in [0.25, 0.3) is 0 Å². The smallest absolute Gasteiger partial charge is 1.00 e. The molecule has 0 fully saturated rings. The second-order valence-electron chi connectivity index (χ2n) is 2.39. The molecule has 1 rings (SSSR count). The van der Waals surface area contributed by atoms with Crippen molar-refractivity contribution < 1.29 is 41.2 Å². The number of hydrogen-bond acceptors (Lipinski definition) is 6. The third-order valence-corrected chi connectivity index (χ3v) is 1.63. The Morgan fingerprint density at radius 1 is 1.33 bits per heavy atom. The van der Waals surface area contributed by atoms with E-state index in [-0.39, 0.29) is 47.8 Å². The molecule has 1 aliphatic heterocycles. The molecular formula is C8H5N4NaO2. The predicted octanol–water partition coefficient (Wildman–Crippen LogP) is -3.34. The third-order valence-electron chi connectivity index (χ3n) is 1.63. The zero-order chi connectivity index (χ0) is 10.7. The summed E-state index contributed by atoms with van der Waals surface area (Å²) in [5.74, 6) is -0.578. The van der Waals surface area contributed by atoms with Crippen molar-refractivity contribution in [3.8, 4) is 18.2 Å². The van der Waals surface area contributed by atoms with Gasteiger partial charge < -0.3 is 17.0 Å². The molecule has 0 radical (unpaired) electrons. The number of nitriles is 3. The maximum atomic E-state index is 9.16. The summed E-state index contributed by atoms with van der Waals surface area (Å²) in [6.07, 6.45) is -1.43. The van der Waals surface area contributed by atoms with Crippen LogP contribution in [0.15, 0.2) is 22.6 Å². The normalized spacial score (nSPS) is 18.0. The van der Waals surface area contributed by atoms with Gasteiger partial charge in [-0.1, -0.05) is 0 Å². The van der Waals surface area contributed by atoms with Crippen molar-refractivity contribution in [2.24, 2.45) is 0 Å². The summed E-state index contributed by atoms with van der Waals surface area (Å²) in [7, 11) is 0. The Labute approximate surface area is 109 Å². The van der Waals surface area contributed by atoms with Crippen LogP contribution in [0.5, 0.6) is 0 Å². The van der Waals surface area contributed by atoms with Gasteiger partial charge in [0, 0.05) is 0 Å². The van der Waals surface area contributed by atoms with Gasteiger partial charge in [0.1, 0.15) is 23.8 Å². The molecule has 1 atom stereocenters. The Morgan fingerprint density at radius 3 is 2.27 bits per heavy atom. The van der Waals surface area contributed by atoms with E-state index in [0.717, 1.165) is 0 Å². The number of hydrogen-bond donors (Lipinski definition) is 3. The van der Waals surface area contributed by atoms with Crippen molar-refractivity contribution in [2.45, 2.75) is 6.23 Å². The molecule has 0 aromatic carbocycles. The quantitative estimate of drug-likeness (QED) is 0.285. The first kappa shape index (κ1) is 13.5. The Bertz CT molecular complexity index is 450. The third kappa shape index (κ3) is 2.30. The molecule has 1 unspecified atom stereocenters. The fourth-order valence-corrected chi connectivity index (χ4v) is 0.989. The van der Waals surface area contributed by atoms with Gasteiger partial charge in [0.05, 0.1) is 5.70 Å². The van der Waals surface area contributed by atoms with Crippen LogP contribution in [0.4, 0.5) is 0 Å². The van der Waals surface area contributed by atoms with Crippen LogP contribution in [0.2, 0.25) is 0 Å². The largest absolute Gasteiger partial charge is 1.00 e. The average molecular weight is 212 g/mol. The molecule has 0 aromatic rings. The van der Waals surface area contributed by atoms with Gasteiger partial charge >= 0.3 is 29.6 Å². The SMILES string of the molecule is N#CC(C#N)=C1NC(O)C(O)=C1C#N.[H-].[Na+]. The van der Waals surface area contributed by atoms with E-state index in [2.05, 4.69) is 5.32 Å². The summed E-state index contributed by atoms with van der Waals surface area (Å²) in [4.78, 5) is 0. The molecule has 0 amide bonds. The second kappa shape index (κ2) is 5.41. The Morgan fingerprint density at radius 2 is 1.87 bits per heavy atom. The van der Waals surface area contributed by atoms with E-state index in [0.29, 0.717) is 0 Å². The molecule has 1 aliphatic rings. The molecule has 1 heterocycles. The Kier molecular flexibility index (Phi) is 4.87. The van der Waals surface area contributed by atoms with Crippen LogP contribution in [0.3, 0.4) is 0 Å². The van der Waals surface area contributed by atoms with Gasteiger partial charge in [-0.2, -0.15) is 15.8 Å². The van der Waals surface area contributed by atoms with Gasteiger partial charge in [-0.05, 0) is 0 Å². The Hall–Kier alpha value is -1.49. The van der Waals surface area contributed by atoms with Crippen molar-refractivity contribution in [1.82, 2.24) is 5.32 Å². The zero-order valence-electron chi connectivity index (χ0n) is 8.81. The van der Waals surface area contributed by atoms with Crippen LogP contribution in [0.1, 0.15) is 1.43 Å². The molecule has 0 aromatic heterocycles. The first-order chi connectivity index (χ1) is 6.65. The van der Waals surface area contributed by atoms with Crippen LogP contribution in [-0.2, 0) is 0 Å². The zero-order valence-corrected chi connectivity index (χ0v) is 9.81. The maximum absolute atomic E-state index is 9.16. The van der Waals surface area contributed by atoms with E-state index in [1.54, 1.807) is 18.2 Å². The minimum absolute atomic E-state index is 0. The minimum Gasteiger partial charge on any atom is -1.00 e. The molecule has 70 valence electrons. The molecular weight excluding hydrogens is 207 g/mol. The number of aliphatic hydroxyl groups is 2. The van der Waals surface area contributed by atoms with Crippen LogP contribution in [0, 0.1) is 34.0 Å². The van der Waals surface area contributed by atoms with Gasteiger partial charge in [0.2, 0.25) is 0 Å². The molecule has 7 heteroatoms. The predicted molar refractivity (Wildman–Crippen MR) is 43.8 cm³/mol. The van der Waals surface area contributed by atoms with Crippen LogP contribution in [-0.4, -0.2) is 16.4 Å². The molecule has 0 spiro atoms. The molecule has 3 N–H and O–H groups in total. The Balaban J connectivity index is 0. The monoisotopic (exact) mass is 212 g/mol. The summed E-state index contributed by atoms with van der Waals surface area (Å²) < 4.78 is 0. The summed E-state index contributed by atoms with van der Waals surface area (Å²) in [5, 5.41) is 46.1. The first-order valence-corrected chi connectivity index (χ1v) is 3.48. The van der Waals surface area contributed by atoms with Gasteiger partial charge in [0.15, 0.2) is 17.6 Å². The van der Waals surface area contributed by atoms with Crippen LogP contribution >= 0.6 is 0 Å². The number of rotatable bonds is 0. The number of nitrogens with zero attached hydrogens (tertiary/aromatic N) is 3. The number of aliphatic hydroxyl groups excluding tert-OH is 2. The second-order valence-corrected chi connectivity index (χ2v) is 2.39. The van der Waals surface area contributed by atoms with Crippen molar-refractivity contribution >= 4 is 0 Å². The fourth-order valence-electron chi connectivity index (χ4n) is 0.989. The van der Waals surface area contributed by atoms with Crippen molar-refractivity contribution in [1.29, 1.82) is 15.8 Å². The molecule has 0 saturated heterocycles. The first-order valence-electron chi connectivity index (χ1n) is 3.48. The maximum Gasteiger partial charge on any atom is 1.00 e. The summed E-state index contributed by atoms with van der Waals surface area (Å²) in [5.41, 5.74) is -0.775. The van der Waals surface area contributed by atoms with Gasteiger partial charge in [-0.15, -0.1) is 0 Å². The molecule has 0 aliphatic carbocycles. The molecule has 15 heavy (non-hydrogen) atoms. The van der Waals surface area contributed by atoms with E-state index < -0.39 is 12.0 Å². The van der Waals surface area contributed by atoms with Crippen molar-refractivity contribution in [3.63, 3.8) is 0 Å². The summed E-state index contributed by atoms with van der Waals surface area (Å²) in [6.45, 7) is 0. The number of allylic oxidation sites excluding steroid dienone is 2. The molecule has 6 nitrogen and oxygen atoms in total. The molecule has 0 bridgehead atoms. The van der Waals surface area contributed by atoms with E-state index in [1.807, 2.05) is 0 Å². The van der Waals surface area contributed by atoms with Gasteiger partial charge in [-0.25, -0.2) is 0 Å². The van der Waals surface area contributed by atoms with Crippen molar-refractivity contribution in [3.05, 3.63) is 22.6 Å². The topological polar surface area (TPSA) is 124 Å². The van der Waals surface area contributed by atoms with E-state index >= 15 is 0 Å². The number of nitrogens with one attached hydrogen (secondary N) is 1. The summed E-state index contributed by atoms with van der Waals surface area (Å²) in [6, 6.07) is 4.69.